The van der Waals surface area contributed by atoms with E-state index in [2.05, 4.69) is 23.4 Å². The number of hydrogen-bond donors (Lipinski definition) is 4. The number of ether oxygens (including phenoxy) is 2. The first-order chi connectivity index (χ1) is 22.2. The first-order valence-corrected chi connectivity index (χ1v) is 16.8. The van der Waals surface area contributed by atoms with Crippen molar-refractivity contribution in [2.24, 2.45) is 10.2 Å². The van der Waals surface area contributed by atoms with Crippen molar-refractivity contribution in [1.82, 2.24) is 9.80 Å². The molecule has 2 saturated heterocycles. The van der Waals surface area contributed by atoms with E-state index in [0.29, 0.717) is 69.4 Å². The van der Waals surface area contributed by atoms with Gasteiger partial charge in [-0.15, -0.1) is 6.58 Å². The van der Waals surface area contributed by atoms with E-state index in [1.165, 1.54) is 0 Å². The molecule has 8 aliphatic rings. The SMILES string of the molecule is C=CCN1CC[C@]23c4c5ccc(O)c4O[C@H]2/C(=N/N=C2\CC[C@@]4(O)[C@H]6Cc7ccc(O)c8c7[C@@]4(CCN6C)[C@H]2O8)CC[C@@]3(O)[C@H]1C5. The highest BCUT2D eigenvalue weighted by Gasteiger charge is 2.74. The number of hydrogen-bond acceptors (Lipinski definition) is 10. The lowest BCUT2D eigenvalue weighted by Crippen LogP contribution is -2.76. The van der Waals surface area contributed by atoms with Crippen molar-refractivity contribution in [2.45, 2.75) is 97.7 Å². The molecule has 4 aliphatic carbocycles. The molecule has 0 unspecified atom stereocenters. The van der Waals surface area contributed by atoms with Gasteiger partial charge in [-0.05, 0) is 88.2 Å². The van der Waals surface area contributed by atoms with Gasteiger partial charge >= 0.3 is 0 Å². The Morgan fingerprint density at radius 3 is 1.89 bits per heavy atom. The van der Waals surface area contributed by atoms with Gasteiger partial charge < -0.3 is 34.8 Å². The largest absolute Gasteiger partial charge is 0.504 e. The fourth-order valence-electron chi connectivity index (χ4n) is 11.7. The van der Waals surface area contributed by atoms with Crippen molar-refractivity contribution < 1.29 is 29.9 Å². The van der Waals surface area contributed by atoms with Crippen LogP contribution in [0.2, 0.25) is 0 Å². The van der Waals surface area contributed by atoms with Crippen molar-refractivity contribution in [3.63, 3.8) is 0 Å². The monoisotopic (exact) mass is 624 g/mol. The zero-order valence-electron chi connectivity index (χ0n) is 26.1. The second-order valence-corrected chi connectivity index (χ2v) is 15.1. The number of phenols is 2. The van der Waals surface area contributed by atoms with E-state index in [4.69, 9.17) is 19.7 Å². The van der Waals surface area contributed by atoms with Gasteiger partial charge in [0.15, 0.2) is 35.2 Å². The molecule has 10 heteroatoms. The Labute approximate surface area is 267 Å². The van der Waals surface area contributed by atoms with Crippen LogP contribution in [0.15, 0.2) is 47.1 Å². The van der Waals surface area contributed by atoms with Crippen LogP contribution in [-0.2, 0) is 23.7 Å². The van der Waals surface area contributed by atoms with Gasteiger partial charge in [-0.3, -0.25) is 4.90 Å². The lowest BCUT2D eigenvalue weighted by molar-refractivity contribution is -0.163. The Hall–Kier alpha value is -3.44. The molecule has 4 N–H and O–H groups in total. The smallest absolute Gasteiger partial charge is 0.166 e. The molecule has 2 aromatic rings. The van der Waals surface area contributed by atoms with Crippen LogP contribution in [0.4, 0.5) is 0 Å². The summed E-state index contributed by atoms with van der Waals surface area (Å²) in [5.74, 6) is 1.14. The third-order valence-electron chi connectivity index (χ3n) is 13.6. The van der Waals surface area contributed by atoms with Crippen LogP contribution in [0.25, 0.3) is 0 Å². The molecule has 4 aliphatic heterocycles. The highest BCUT2D eigenvalue weighted by molar-refractivity contribution is 5.97. The fourth-order valence-corrected chi connectivity index (χ4v) is 11.7. The Balaban J connectivity index is 1.09. The highest BCUT2D eigenvalue weighted by atomic mass is 16.5. The average molecular weight is 625 g/mol. The van der Waals surface area contributed by atoms with Gasteiger partial charge in [-0.2, -0.15) is 10.2 Å². The Morgan fingerprint density at radius 2 is 1.33 bits per heavy atom. The topological polar surface area (TPSA) is 131 Å². The molecule has 0 radical (unpaired) electrons. The normalized spacial score (nSPS) is 42.8. The van der Waals surface area contributed by atoms with E-state index in [1.54, 1.807) is 12.1 Å². The van der Waals surface area contributed by atoms with E-state index >= 15 is 0 Å². The van der Waals surface area contributed by atoms with Crippen LogP contribution in [-0.4, -0.2) is 104 Å². The van der Waals surface area contributed by atoms with Gasteiger partial charge in [0.2, 0.25) is 0 Å². The van der Waals surface area contributed by atoms with E-state index in [-0.39, 0.29) is 23.6 Å². The predicted octanol–water partition coefficient (Wildman–Crippen LogP) is 2.72. The summed E-state index contributed by atoms with van der Waals surface area (Å²) in [6.07, 6.45) is 5.69. The fraction of sp³-hybridized carbons (Fsp3) is 0.556. The van der Waals surface area contributed by atoms with Crippen LogP contribution in [0, 0.1) is 0 Å². The van der Waals surface area contributed by atoms with Gasteiger partial charge in [0.1, 0.15) is 0 Å². The molecule has 8 atom stereocenters. The molecule has 240 valence electrons. The van der Waals surface area contributed by atoms with E-state index in [9.17, 15) is 20.4 Å². The zero-order chi connectivity index (χ0) is 31.4. The van der Waals surface area contributed by atoms with Crippen LogP contribution >= 0.6 is 0 Å². The Kier molecular flexibility index (Phi) is 5.24. The van der Waals surface area contributed by atoms with Crippen molar-refractivity contribution in [2.75, 3.05) is 26.7 Å². The standard InChI is InChI=1S/C36H40N4O6/c1-3-14-40-16-13-34-28-20-5-7-24(42)30(28)46-32(34)22(9-11-36(34,44)26(40)18-20)38-37-21-8-10-35(43)25-17-19-4-6-23(41)29-27(19)33(35,31(21)45-29)12-15-39(25)2/h3-7,25-26,31-32,41-44H,1,8-18H2,2H3/b37-21+,38-22+/t25-,26-,31+,32+,33+,34+,35-,36-/m1/s1. The van der Waals surface area contributed by atoms with Gasteiger partial charge in [0.25, 0.3) is 0 Å². The number of benzene rings is 2. The number of likely N-dealkylation sites (tertiary alicyclic amines) is 2. The third kappa shape index (κ3) is 2.88. The van der Waals surface area contributed by atoms with E-state index in [0.717, 1.165) is 46.8 Å². The molecule has 2 aromatic carbocycles. The zero-order valence-corrected chi connectivity index (χ0v) is 26.1. The van der Waals surface area contributed by atoms with Gasteiger partial charge in [-0.1, -0.05) is 18.2 Å². The summed E-state index contributed by atoms with van der Waals surface area (Å²) in [4.78, 5) is 4.61. The lowest BCUT2D eigenvalue weighted by Gasteiger charge is -2.63. The van der Waals surface area contributed by atoms with Crippen LogP contribution in [0.1, 0.15) is 60.8 Å². The predicted molar refractivity (Wildman–Crippen MR) is 170 cm³/mol. The molecule has 46 heavy (non-hydrogen) atoms. The quantitative estimate of drug-likeness (QED) is 0.303. The number of phenolic OH excluding ortho intramolecular Hbond substituents is 2. The minimum atomic E-state index is -1.05. The molecule has 10 rings (SSSR count). The number of aromatic hydroxyl groups is 2. The van der Waals surface area contributed by atoms with Crippen molar-refractivity contribution in [1.29, 1.82) is 0 Å². The molecular weight excluding hydrogens is 584 g/mol. The number of aliphatic hydroxyl groups is 2. The minimum absolute atomic E-state index is 0.0446. The van der Waals surface area contributed by atoms with Crippen LogP contribution in [0.3, 0.4) is 0 Å². The molecule has 4 heterocycles. The van der Waals surface area contributed by atoms with Crippen molar-refractivity contribution >= 4 is 11.4 Å². The molecular formula is C36H40N4O6. The summed E-state index contributed by atoms with van der Waals surface area (Å²) in [5.41, 5.74) is 2.15. The maximum absolute atomic E-state index is 12.7. The maximum atomic E-state index is 12.7. The van der Waals surface area contributed by atoms with E-state index in [1.807, 2.05) is 18.2 Å². The lowest BCUT2D eigenvalue weighted by atomic mass is 9.49. The molecule has 0 aromatic heterocycles. The van der Waals surface area contributed by atoms with Crippen molar-refractivity contribution in [3.8, 4) is 23.0 Å². The highest BCUT2D eigenvalue weighted by Crippen LogP contribution is 2.66. The number of rotatable bonds is 3. The van der Waals surface area contributed by atoms with Gasteiger partial charge in [0, 0.05) is 36.3 Å². The summed E-state index contributed by atoms with van der Waals surface area (Å²) >= 11 is 0. The Morgan fingerprint density at radius 1 is 0.804 bits per heavy atom. The molecule has 0 amide bonds. The van der Waals surface area contributed by atoms with Crippen LogP contribution in [0.5, 0.6) is 23.0 Å². The van der Waals surface area contributed by atoms with Crippen molar-refractivity contribution in [3.05, 3.63) is 59.2 Å². The summed E-state index contributed by atoms with van der Waals surface area (Å²) in [6, 6.07) is 7.25. The summed E-state index contributed by atoms with van der Waals surface area (Å²) in [5, 5.41) is 57.0. The summed E-state index contributed by atoms with van der Waals surface area (Å²) in [7, 11) is 2.09. The number of piperidine rings is 2. The number of nitrogens with zero attached hydrogens (tertiary/aromatic N) is 4. The van der Waals surface area contributed by atoms with E-state index < -0.39 is 34.2 Å². The average Bonchev–Trinajstić information content (AvgIpc) is 3.58. The Bertz CT molecular complexity index is 1810. The molecule has 2 spiro atoms. The van der Waals surface area contributed by atoms with Gasteiger partial charge in [0.05, 0.1) is 33.5 Å². The molecule has 2 saturated carbocycles. The number of likely N-dealkylation sites (N-methyl/N-ethyl adjacent to an activating group) is 1. The first kappa shape index (κ1) is 27.7. The first-order valence-electron chi connectivity index (χ1n) is 16.8. The van der Waals surface area contributed by atoms with Gasteiger partial charge in [-0.25, -0.2) is 0 Å². The molecule has 4 fully saturated rings. The maximum Gasteiger partial charge on any atom is 0.166 e. The molecule has 4 bridgehead atoms. The second kappa shape index (κ2) is 8.72. The minimum Gasteiger partial charge on any atom is -0.504 e. The third-order valence-corrected chi connectivity index (χ3v) is 13.6. The molecule has 10 nitrogen and oxygen atoms in total. The second-order valence-electron chi connectivity index (χ2n) is 15.1. The van der Waals surface area contributed by atoms with Crippen LogP contribution < -0.4 is 9.47 Å². The summed E-state index contributed by atoms with van der Waals surface area (Å²) in [6.45, 7) is 6.27. The summed E-state index contributed by atoms with van der Waals surface area (Å²) < 4.78 is 13.3.